The topological polar surface area (TPSA) is 56.7 Å². The van der Waals surface area contributed by atoms with Gasteiger partial charge in [-0.2, -0.15) is 0 Å². The molecule has 0 spiro atoms. The Morgan fingerprint density at radius 1 is 1.26 bits per heavy atom. The van der Waals surface area contributed by atoms with E-state index in [2.05, 4.69) is 9.97 Å². The van der Waals surface area contributed by atoms with Gasteiger partial charge in [0.05, 0.1) is 17.6 Å². The fraction of sp³-hybridized carbons (Fsp3) is 0.143. The van der Waals surface area contributed by atoms with Crippen LogP contribution in [0, 0.1) is 6.92 Å². The van der Waals surface area contributed by atoms with Crippen LogP contribution in [-0.2, 0) is 6.54 Å². The average Bonchev–Trinajstić information content (AvgIpc) is 2.68. The smallest absolute Gasteiger partial charge is 0.201 e. The standard InChI is InChI=1S/C14H13ClN4/c1-9-2-3-10(7-17-9)8-19-13-5-4-11(15)6-12(13)18-14(19)16/h2-7H,8H2,1H3,(H2,16,18). The lowest BCUT2D eigenvalue weighted by molar-refractivity contribution is 0.832. The Bertz CT molecular complexity index is 731. The first kappa shape index (κ1) is 12.0. The van der Waals surface area contributed by atoms with E-state index in [0.717, 1.165) is 22.3 Å². The number of anilines is 1. The molecular weight excluding hydrogens is 260 g/mol. The van der Waals surface area contributed by atoms with Gasteiger partial charge in [-0.05, 0) is 36.8 Å². The second-order valence-electron chi connectivity index (χ2n) is 4.50. The molecule has 5 heteroatoms. The minimum absolute atomic E-state index is 0.484. The average molecular weight is 273 g/mol. The van der Waals surface area contributed by atoms with E-state index in [1.54, 1.807) is 0 Å². The van der Waals surface area contributed by atoms with Gasteiger partial charge in [0.15, 0.2) is 0 Å². The van der Waals surface area contributed by atoms with Gasteiger partial charge in [-0.3, -0.25) is 4.98 Å². The van der Waals surface area contributed by atoms with Gasteiger partial charge >= 0.3 is 0 Å². The summed E-state index contributed by atoms with van der Waals surface area (Å²) in [6.45, 7) is 2.62. The second kappa shape index (κ2) is 4.55. The van der Waals surface area contributed by atoms with Crippen molar-refractivity contribution in [3.8, 4) is 0 Å². The Hall–Kier alpha value is -2.07. The number of hydrogen-bond donors (Lipinski definition) is 1. The van der Waals surface area contributed by atoms with E-state index in [4.69, 9.17) is 17.3 Å². The van der Waals surface area contributed by atoms with E-state index in [1.165, 1.54) is 0 Å². The number of aryl methyl sites for hydroxylation is 1. The van der Waals surface area contributed by atoms with Crippen LogP contribution in [-0.4, -0.2) is 14.5 Å². The fourth-order valence-corrected chi connectivity index (χ4v) is 2.23. The van der Waals surface area contributed by atoms with Crippen LogP contribution in [0.25, 0.3) is 11.0 Å². The molecule has 0 aliphatic heterocycles. The molecule has 0 fully saturated rings. The Morgan fingerprint density at radius 2 is 2.11 bits per heavy atom. The van der Waals surface area contributed by atoms with Gasteiger partial charge in [-0.1, -0.05) is 17.7 Å². The molecule has 0 bridgehead atoms. The van der Waals surface area contributed by atoms with Crippen molar-refractivity contribution < 1.29 is 0 Å². The number of pyridine rings is 1. The number of imidazole rings is 1. The molecule has 0 aliphatic carbocycles. The van der Waals surface area contributed by atoms with E-state index in [1.807, 2.05) is 48.0 Å². The van der Waals surface area contributed by atoms with E-state index in [-0.39, 0.29) is 0 Å². The van der Waals surface area contributed by atoms with E-state index in [0.29, 0.717) is 17.5 Å². The Balaban J connectivity index is 2.05. The first-order chi connectivity index (χ1) is 9.13. The molecule has 0 atom stereocenters. The predicted octanol–water partition coefficient (Wildman–Crippen LogP) is 3.02. The van der Waals surface area contributed by atoms with E-state index < -0.39 is 0 Å². The largest absolute Gasteiger partial charge is 0.369 e. The summed E-state index contributed by atoms with van der Waals surface area (Å²) in [7, 11) is 0. The van der Waals surface area contributed by atoms with E-state index in [9.17, 15) is 0 Å². The SMILES string of the molecule is Cc1ccc(Cn2c(N)nc3cc(Cl)ccc32)cn1. The van der Waals surface area contributed by atoms with Crippen molar-refractivity contribution in [2.45, 2.75) is 13.5 Å². The van der Waals surface area contributed by atoms with Crippen LogP contribution in [0.5, 0.6) is 0 Å². The molecule has 2 aromatic heterocycles. The van der Waals surface area contributed by atoms with Crippen LogP contribution >= 0.6 is 11.6 Å². The third-order valence-corrected chi connectivity index (χ3v) is 3.29. The number of fused-ring (bicyclic) bond motifs is 1. The molecule has 0 unspecified atom stereocenters. The summed E-state index contributed by atoms with van der Waals surface area (Å²) in [5, 5.41) is 0.661. The van der Waals surface area contributed by atoms with Crippen molar-refractivity contribution in [3.05, 3.63) is 52.8 Å². The Labute approximate surface area is 115 Å². The Kier molecular flexibility index (Phi) is 2.87. The molecule has 1 aromatic carbocycles. The number of nitrogen functional groups attached to an aromatic ring is 1. The lowest BCUT2D eigenvalue weighted by Crippen LogP contribution is -2.04. The normalized spacial score (nSPS) is 11.1. The molecule has 3 aromatic rings. The maximum absolute atomic E-state index is 5.97. The zero-order valence-electron chi connectivity index (χ0n) is 10.5. The van der Waals surface area contributed by atoms with Gasteiger partial charge in [0, 0.05) is 16.9 Å². The summed E-state index contributed by atoms with van der Waals surface area (Å²) in [4.78, 5) is 8.61. The minimum atomic E-state index is 0.484. The van der Waals surface area contributed by atoms with Crippen LogP contribution in [0.15, 0.2) is 36.5 Å². The number of hydrogen-bond acceptors (Lipinski definition) is 3. The number of nitrogens with two attached hydrogens (primary N) is 1. The molecule has 19 heavy (non-hydrogen) atoms. The van der Waals surface area contributed by atoms with Gasteiger partial charge < -0.3 is 10.3 Å². The van der Waals surface area contributed by atoms with Crippen molar-refractivity contribution in [1.29, 1.82) is 0 Å². The van der Waals surface area contributed by atoms with Crippen molar-refractivity contribution in [3.63, 3.8) is 0 Å². The van der Waals surface area contributed by atoms with Gasteiger partial charge in [0.1, 0.15) is 0 Å². The number of aromatic nitrogens is 3. The fourth-order valence-electron chi connectivity index (χ4n) is 2.06. The molecular formula is C14H13ClN4. The first-order valence-electron chi connectivity index (χ1n) is 5.96. The number of nitrogens with zero attached hydrogens (tertiary/aromatic N) is 3. The quantitative estimate of drug-likeness (QED) is 0.780. The molecule has 96 valence electrons. The van der Waals surface area contributed by atoms with Gasteiger partial charge in [-0.25, -0.2) is 4.98 Å². The predicted molar refractivity (Wildman–Crippen MR) is 77.2 cm³/mol. The van der Waals surface area contributed by atoms with Gasteiger partial charge in [0.25, 0.3) is 0 Å². The number of halogens is 1. The van der Waals surface area contributed by atoms with Crippen LogP contribution < -0.4 is 5.73 Å². The zero-order chi connectivity index (χ0) is 13.4. The monoisotopic (exact) mass is 272 g/mol. The summed E-state index contributed by atoms with van der Waals surface area (Å²) in [6.07, 6.45) is 1.86. The zero-order valence-corrected chi connectivity index (χ0v) is 11.2. The third-order valence-electron chi connectivity index (χ3n) is 3.05. The number of rotatable bonds is 2. The lowest BCUT2D eigenvalue weighted by atomic mass is 10.2. The molecule has 0 aliphatic rings. The molecule has 0 saturated heterocycles. The van der Waals surface area contributed by atoms with Crippen molar-refractivity contribution in [2.75, 3.05) is 5.73 Å². The highest BCUT2D eigenvalue weighted by atomic mass is 35.5. The summed E-state index contributed by atoms with van der Waals surface area (Å²) in [5.74, 6) is 0.484. The maximum atomic E-state index is 5.97. The summed E-state index contributed by atoms with van der Waals surface area (Å²) < 4.78 is 1.96. The van der Waals surface area contributed by atoms with Gasteiger partial charge in [-0.15, -0.1) is 0 Å². The van der Waals surface area contributed by atoms with Crippen LogP contribution in [0.3, 0.4) is 0 Å². The molecule has 2 heterocycles. The molecule has 0 saturated carbocycles. The van der Waals surface area contributed by atoms with Crippen LogP contribution in [0.4, 0.5) is 5.95 Å². The van der Waals surface area contributed by atoms with E-state index >= 15 is 0 Å². The molecule has 0 amide bonds. The van der Waals surface area contributed by atoms with Crippen molar-refractivity contribution in [1.82, 2.24) is 14.5 Å². The highest BCUT2D eigenvalue weighted by molar-refractivity contribution is 6.31. The first-order valence-corrected chi connectivity index (χ1v) is 6.34. The third kappa shape index (κ3) is 2.27. The second-order valence-corrected chi connectivity index (χ2v) is 4.93. The highest BCUT2D eigenvalue weighted by Crippen LogP contribution is 2.22. The van der Waals surface area contributed by atoms with Crippen molar-refractivity contribution in [2.24, 2.45) is 0 Å². The molecule has 4 nitrogen and oxygen atoms in total. The summed E-state index contributed by atoms with van der Waals surface area (Å²) in [6, 6.07) is 9.62. The number of benzene rings is 1. The minimum Gasteiger partial charge on any atom is -0.369 e. The van der Waals surface area contributed by atoms with Crippen LogP contribution in [0.1, 0.15) is 11.3 Å². The Morgan fingerprint density at radius 3 is 2.84 bits per heavy atom. The lowest BCUT2D eigenvalue weighted by Gasteiger charge is -2.06. The van der Waals surface area contributed by atoms with Crippen molar-refractivity contribution >= 4 is 28.6 Å². The van der Waals surface area contributed by atoms with Crippen LogP contribution in [0.2, 0.25) is 5.02 Å². The highest BCUT2D eigenvalue weighted by Gasteiger charge is 2.09. The molecule has 2 N–H and O–H groups in total. The summed E-state index contributed by atoms with van der Waals surface area (Å²) >= 11 is 5.96. The summed E-state index contributed by atoms with van der Waals surface area (Å²) in [5.41, 5.74) is 9.84. The van der Waals surface area contributed by atoms with Gasteiger partial charge in [0.2, 0.25) is 5.95 Å². The maximum Gasteiger partial charge on any atom is 0.201 e. The molecule has 0 radical (unpaired) electrons. The molecule has 3 rings (SSSR count).